The molecule has 0 bridgehead atoms. The molecule has 0 aliphatic rings. The zero-order chi connectivity index (χ0) is 29.5. The molecule has 0 spiro atoms. The van der Waals surface area contributed by atoms with Crippen molar-refractivity contribution in [3.63, 3.8) is 0 Å². The van der Waals surface area contributed by atoms with E-state index in [1.807, 2.05) is 40.9 Å². The van der Waals surface area contributed by atoms with Crippen molar-refractivity contribution in [1.82, 2.24) is 19.5 Å². The van der Waals surface area contributed by atoms with Gasteiger partial charge in [0.2, 0.25) is 5.95 Å². The van der Waals surface area contributed by atoms with Gasteiger partial charge in [0.25, 0.3) is 0 Å². The van der Waals surface area contributed by atoms with Crippen molar-refractivity contribution in [2.45, 2.75) is 0 Å². The lowest BCUT2D eigenvalue weighted by molar-refractivity contribution is 0.955. The van der Waals surface area contributed by atoms with Crippen molar-refractivity contribution < 1.29 is 0 Å². The predicted octanol–water partition coefficient (Wildman–Crippen LogP) is 11.0. The molecular weight excluding hydrogens is 589 g/mol. The zero-order valence-electron chi connectivity index (χ0n) is 23.8. The molecule has 10 rings (SSSR count). The summed E-state index contributed by atoms with van der Waals surface area (Å²) >= 11 is 3.65. The lowest BCUT2D eigenvalue weighted by atomic mass is 10.1. The van der Waals surface area contributed by atoms with Crippen molar-refractivity contribution in [3.05, 3.63) is 133 Å². The van der Waals surface area contributed by atoms with Gasteiger partial charge in [0.15, 0.2) is 11.6 Å². The molecule has 0 amide bonds. The molecule has 4 heterocycles. The highest BCUT2D eigenvalue weighted by molar-refractivity contribution is 7.26. The van der Waals surface area contributed by atoms with Gasteiger partial charge in [0.1, 0.15) is 0 Å². The maximum atomic E-state index is 5.25. The third-order valence-corrected chi connectivity index (χ3v) is 11.0. The molecule has 4 nitrogen and oxygen atoms in total. The summed E-state index contributed by atoms with van der Waals surface area (Å²) in [5.41, 5.74) is 4.13. The summed E-state index contributed by atoms with van der Waals surface area (Å²) < 4.78 is 7.29. The first-order valence-corrected chi connectivity index (χ1v) is 16.5. The molecule has 0 unspecified atom stereocenters. The smallest absolute Gasteiger partial charge is 0.238 e. The van der Waals surface area contributed by atoms with Crippen molar-refractivity contribution in [3.8, 4) is 28.7 Å². The van der Waals surface area contributed by atoms with Gasteiger partial charge in [-0.05, 0) is 36.4 Å². The average Bonchev–Trinajstić information content (AvgIpc) is 3.78. The summed E-state index contributed by atoms with van der Waals surface area (Å²) in [5.74, 6) is 1.93. The Bertz CT molecular complexity index is 2770. The van der Waals surface area contributed by atoms with Crippen LogP contribution in [0.3, 0.4) is 0 Å². The Morgan fingerprint density at radius 2 is 1.04 bits per heavy atom. The number of benzene rings is 6. The van der Waals surface area contributed by atoms with E-state index in [0.717, 1.165) is 22.2 Å². The molecule has 0 atom stereocenters. The van der Waals surface area contributed by atoms with E-state index >= 15 is 0 Å². The van der Waals surface area contributed by atoms with E-state index < -0.39 is 0 Å². The highest BCUT2D eigenvalue weighted by Crippen LogP contribution is 2.43. The van der Waals surface area contributed by atoms with E-state index in [9.17, 15) is 0 Å². The summed E-state index contributed by atoms with van der Waals surface area (Å²) in [5, 5.41) is 7.38. The molecule has 0 radical (unpaired) electrons. The van der Waals surface area contributed by atoms with Crippen LogP contribution in [0.15, 0.2) is 133 Å². The summed E-state index contributed by atoms with van der Waals surface area (Å²) in [4.78, 5) is 15.5. The Hall–Kier alpha value is -5.43. The van der Waals surface area contributed by atoms with Crippen LogP contribution >= 0.6 is 22.7 Å². The third-order valence-electron chi connectivity index (χ3n) is 8.67. The molecule has 0 aliphatic heterocycles. The standard InChI is InChI=1S/C39H22N4S2/c1-2-10-23(11-3-1)37-40-38(24-18-21-34-30(22-24)27-14-6-8-16-32(27)44-34)42-39(41-37)43-31-15-7-4-12-25(31)28-19-20-29-26-13-5-9-17-33(26)45-36(29)35(28)43/h1-22H. The van der Waals surface area contributed by atoms with E-state index in [4.69, 9.17) is 15.0 Å². The quantitative estimate of drug-likeness (QED) is 0.200. The topological polar surface area (TPSA) is 43.6 Å². The summed E-state index contributed by atoms with van der Waals surface area (Å²) in [6.45, 7) is 0. The molecule has 6 heteroatoms. The van der Waals surface area contributed by atoms with Gasteiger partial charge in [-0.2, -0.15) is 9.97 Å². The Balaban J connectivity index is 1.31. The van der Waals surface area contributed by atoms with E-state index in [1.54, 1.807) is 0 Å². The Kier molecular flexibility index (Phi) is 5.29. The fraction of sp³-hybridized carbons (Fsp3) is 0. The first-order chi connectivity index (χ1) is 22.3. The van der Waals surface area contributed by atoms with Gasteiger partial charge in [-0.15, -0.1) is 22.7 Å². The molecule has 6 aromatic carbocycles. The van der Waals surface area contributed by atoms with E-state index in [2.05, 4.69) is 120 Å². The second kappa shape index (κ2) is 9.53. The second-order valence-electron chi connectivity index (χ2n) is 11.2. The lowest BCUT2D eigenvalue weighted by Crippen LogP contribution is -2.06. The van der Waals surface area contributed by atoms with Crippen LogP contribution in [-0.4, -0.2) is 19.5 Å². The Morgan fingerprint density at radius 3 is 1.87 bits per heavy atom. The molecule has 210 valence electrons. The average molecular weight is 611 g/mol. The third kappa shape index (κ3) is 3.73. The molecule has 45 heavy (non-hydrogen) atoms. The maximum absolute atomic E-state index is 5.25. The fourth-order valence-electron chi connectivity index (χ4n) is 6.61. The van der Waals surface area contributed by atoms with Gasteiger partial charge in [-0.1, -0.05) is 97.1 Å². The molecule has 0 fully saturated rings. The number of hydrogen-bond acceptors (Lipinski definition) is 5. The highest BCUT2D eigenvalue weighted by atomic mass is 32.1. The fourth-order valence-corrected chi connectivity index (χ4v) is 8.94. The number of hydrogen-bond donors (Lipinski definition) is 0. The van der Waals surface area contributed by atoms with Crippen LogP contribution in [0.4, 0.5) is 0 Å². The molecule has 4 aromatic heterocycles. The normalized spacial score (nSPS) is 12.0. The van der Waals surface area contributed by atoms with Gasteiger partial charge in [0, 0.05) is 57.5 Å². The van der Waals surface area contributed by atoms with Crippen molar-refractivity contribution >= 4 is 84.8 Å². The molecule has 0 saturated carbocycles. The predicted molar refractivity (Wildman–Crippen MR) is 191 cm³/mol. The minimum atomic E-state index is 0.616. The number of fused-ring (bicyclic) bond motifs is 10. The lowest BCUT2D eigenvalue weighted by Gasteiger charge is -2.11. The largest absolute Gasteiger partial charge is 0.276 e. The van der Waals surface area contributed by atoms with E-state index in [-0.39, 0.29) is 0 Å². The first-order valence-electron chi connectivity index (χ1n) is 14.9. The molecule has 0 aliphatic carbocycles. The van der Waals surface area contributed by atoms with Crippen LogP contribution in [0.2, 0.25) is 0 Å². The molecule has 0 N–H and O–H groups in total. The van der Waals surface area contributed by atoms with Crippen LogP contribution in [0.5, 0.6) is 0 Å². The molecular formula is C39H22N4S2. The van der Waals surface area contributed by atoms with Crippen molar-refractivity contribution in [2.75, 3.05) is 0 Å². The van der Waals surface area contributed by atoms with Crippen LogP contribution in [0.25, 0.3) is 90.9 Å². The van der Waals surface area contributed by atoms with Crippen LogP contribution in [-0.2, 0) is 0 Å². The summed E-state index contributed by atoms with van der Waals surface area (Å²) in [6, 6.07) is 47.1. The van der Waals surface area contributed by atoms with E-state index in [0.29, 0.717) is 17.6 Å². The highest BCUT2D eigenvalue weighted by Gasteiger charge is 2.21. The van der Waals surface area contributed by atoms with Crippen LogP contribution < -0.4 is 0 Å². The van der Waals surface area contributed by atoms with Crippen LogP contribution in [0, 0.1) is 0 Å². The maximum Gasteiger partial charge on any atom is 0.238 e. The first kappa shape index (κ1) is 25.0. The number of aromatic nitrogens is 4. The van der Waals surface area contributed by atoms with Gasteiger partial charge in [-0.3, -0.25) is 4.57 Å². The van der Waals surface area contributed by atoms with Crippen LogP contribution in [0.1, 0.15) is 0 Å². The Labute approximate surface area is 265 Å². The summed E-state index contributed by atoms with van der Waals surface area (Å²) in [6.07, 6.45) is 0. The van der Waals surface area contributed by atoms with Gasteiger partial charge in [-0.25, -0.2) is 4.98 Å². The number of nitrogens with zero attached hydrogens (tertiary/aromatic N) is 4. The summed E-state index contributed by atoms with van der Waals surface area (Å²) in [7, 11) is 0. The van der Waals surface area contributed by atoms with E-state index in [1.165, 1.54) is 51.1 Å². The number of rotatable bonds is 3. The van der Waals surface area contributed by atoms with Crippen molar-refractivity contribution in [2.24, 2.45) is 0 Å². The second-order valence-corrected chi connectivity index (χ2v) is 13.4. The SMILES string of the molecule is c1ccc(-c2nc(-c3ccc4sc5ccccc5c4c3)nc(-n3c4ccccc4c4ccc5c6ccccc6sc5c43)n2)cc1. The number of thiophene rings is 2. The van der Waals surface area contributed by atoms with Gasteiger partial charge < -0.3 is 0 Å². The van der Waals surface area contributed by atoms with Gasteiger partial charge >= 0.3 is 0 Å². The van der Waals surface area contributed by atoms with Crippen molar-refractivity contribution in [1.29, 1.82) is 0 Å². The molecule has 0 saturated heterocycles. The molecule has 10 aromatic rings. The monoisotopic (exact) mass is 610 g/mol. The zero-order valence-corrected chi connectivity index (χ0v) is 25.4. The minimum absolute atomic E-state index is 0.616. The Morgan fingerprint density at radius 1 is 0.422 bits per heavy atom. The minimum Gasteiger partial charge on any atom is -0.276 e. The van der Waals surface area contributed by atoms with Gasteiger partial charge in [0.05, 0.1) is 15.7 Å². The number of para-hydroxylation sites is 1.